The maximum atomic E-state index is 12.9. The van der Waals surface area contributed by atoms with Crippen LogP contribution in [0.15, 0.2) is 30.5 Å². The lowest BCUT2D eigenvalue weighted by atomic mass is 10.0. The number of hydrogen-bond donors (Lipinski definition) is 7. The summed E-state index contributed by atoms with van der Waals surface area (Å²) in [7, 11) is 0. The van der Waals surface area contributed by atoms with E-state index in [-0.39, 0.29) is 19.4 Å². The van der Waals surface area contributed by atoms with Gasteiger partial charge in [-0.3, -0.25) is 14.4 Å². The number of nitrogens with two attached hydrogens (primary N) is 2. The fraction of sp³-hybridized carbons (Fsp3) is 0.455. The number of aromatic nitrogens is 1. The predicted molar refractivity (Wildman–Crippen MR) is 123 cm³/mol. The van der Waals surface area contributed by atoms with Crippen LogP contribution in [0, 0.1) is 0 Å². The molecule has 1 aromatic carbocycles. The van der Waals surface area contributed by atoms with Crippen molar-refractivity contribution in [3.8, 4) is 0 Å². The number of unbranched alkanes of at least 4 members (excludes halogenated alkanes) is 1. The van der Waals surface area contributed by atoms with Gasteiger partial charge in [0.1, 0.15) is 18.1 Å². The van der Waals surface area contributed by atoms with Crippen molar-refractivity contribution in [1.82, 2.24) is 20.9 Å². The normalized spacial score (nSPS) is 13.7. The van der Waals surface area contributed by atoms with Gasteiger partial charge in [-0.15, -0.1) is 0 Å². The van der Waals surface area contributed by atoms with Crippen LogP contribution < -0.4 is 27.4 Å². The fourth-order valence-corrected chi connectivity index (χ4v) is 3.41. The number of amides is 3. The van der Waals surface area contributed by atoms with Gasteiger partial charge in [-0.2, -0.15) is 0 Å². The zero-order chi connectivity index (χ0) is 24.4. The van der Waals surface area contributed by atoms with Crippen molar-refractivity contribution in [3.05, 3.63) is 36.0 Å². The molecule has 0 radical (unpaired) electrons. The molecule has 0 aliphatic heterocycles. The molecule has 180 valence electrons. The molecular formula is C22H32N6O5. The average molecular weight is 461 g/mol. The van der Waals surface area contributed by atoms with Gasteiger partial charge in [0.2, 0.25) is 17.7 Å². The van der Waals surface area contributed by atoms with E-state index in [4.69, 9.17) is 11.5 Å². The summed E-state index contributed by atoms with van der Waals surface area (Å²) < 4.78 is 0. The van der Waals surface area contributed by atoms with Gasteiger partial charge in [-0.25, -0.2) is 4.79 Å². The second-order valence-corrected chi connectivity index (χ2v) is 7.80. The van der Waals surface area contributed by atoms with Crippen LogP contribution >= 0.6 is 0 Å². The molecule has 1 aromatic heterocycles. The number of carboxylic acid groups (broad SMARTS) is 1. The van der Waals surface area contributed by atoms with Crippen LogP contribution in [-0.4, -0.2) is 65.0 Å². The van der Waals surface area contributed by atoms with E-state index in [1.807, 2.05) is 24.3 Å². The van der Waals surface area contributed by atoms with Gasteiger partial charge in [-0.05, 0) is 44.4 Å². The first-order valence-electron chi connectivity index (χ1n) is 10.8. The average Bonchev–Trinajstić information content (AvgIpc) is 3.20. The Balaban J connectivity index is 2.06. The van der Waals surface area contributed by atoms with Crippen LogP contribution in [0.1, 0.15) is 31.7 Å². The van der Waals surface area contributed by atoms with Gasteiger partial charge in [0.05, 0.1) is 6.54 Å². The first-order valence-corrected chi connectivity index (χ1v) is 10.8. The molecule has 3 amide bonds. The minimum atomic E-state index is -1.16. The highest BCUT2D eigenvalue weighted by molar-refractivity contribution is 5.94. The number of benzene rings is 1. The standard InChI is InChI=1S/C22H32N6O5/c1-13(20(30)28-17(22(32)33)8-4-5-9-23)26-21(31)18(27-19(29)11-24)10-14-12-25-16-7-3-2-6-15(14)16/h2-3,6-7,12-13,17-18,25H,4-5,8-11,23-24H2,1H3,(H,26,31)(H,27,29)(H,28,30)(H,32,33). The van der Waals surface area contributed by atoms with Gasteiger partial charge < -0.3 is 37.5 Å². The lowest BCUT2D eigenvalue weighted by Crippen LogP contribution is -2.55. The minimum Gasteiger partial charge on any atom is -0.480 e. The molecule has 1 heterocycles. The van der Waals surface area contributed by atoms with Crippen LogP contribution in [0.5, 0.6) is 0 Å². The molecule has 0 saturated heterocycles. The van der Waals surface area contributed by atoms with Crippen molar-refractivity contribution in [3.63, 3.8) is 0 Å². The van der Waals surface area contributed by atoms with E-state index < -0.39 is 41.8 Å². The molecule has 0 bridgehead atoms. The number of carbonyl (C=O) groups is 4. The first kappa shape index (κ1) is 25.8. The Morgan fingerprint density at radius 2 is 1.73 bits per heavy atom. The number of H-pyrrole nitrogens is 1. The molecule has 0 fully saturated rings. The van der Waals surface area contributed by atoms with Gasteiger partial charge in [0.25, 0.3) is 0 Å². The van der Waals surface area contributed by atoms with Crippen molar-refractivity contribution in [2.45, 2.75) is 50.7 Å². The number of carboxylic acids is 1. The van der Waals surface area contributed by atoms with Crippen LogP contribution in [0.4, 0.5) is 0 Å². The Kier molecular flexibility index (Phi) is 9.83. The van der Waals surface area contributed by atoms with E-state index in [0.717, 1.165) is 16.5 Å². The lowest BCUT2D eigenvalue weighted by molar-refractivity contribution is -0.142. The number of para-hydroxylation sites is 1. The van der Waals surface area contributed by atoms with Crippen molar-refractivity contribution >= 4 is 34.6 Å². The first-order chi connectivity index (χ1) is 15.8. The number of fused-ring (bicyclic) bond motifs is 1. The molecule has 0 saturated carbocycles. The second-order valence-electron chi connectivity index (χ2n) is 7.80. The van der Waals surface area contributed by atoms with E-state index in [0.29, 0.717) is 19.4 Å². The topological polar surface area (TPSA) is 192 Å². The maximum absolute atomic E-state index is 12.9. The van der Waals surface area contributed by atoms with Crippen LogP contribution in [0.3, 0.4) is 0 Å². The summed E-state index contributed by atoms with van der Waals surface area (Å²) in [5.41, 5.74) is 12.5. The molecule has 33 heavy (non-hydrogen) atoms. The summed E-state index contributed by atoms with van der Waals surface area (Å²) in [6.45, 7) is 1.58. The highest BCUT2D eigenvalue weighted by atomic mass is 16.4. The molecule has 11 nitrogen and oxygen atoms in total. The molecule has 0 aliphatic rings. The van der Waals surface area contributed by atoms with Gasteiger partial charge in [-0.1, -0.05) is 18.2 Å². The molecule has 2 rings (SSSR count). The van der Waals surface area contributed by atoms with E-state index in [1.54, 1.807) is 6.20 Å². The number of aromatic amines is 1. The van der Waals surface area contributed by atoms with E-state index >= 15 is 0 Å². The highest BCUT2D eigenvalue weighted by Gasteiger charge is 2.27. The van der Waals surface area contributed by atoms with Crippen LogP contribution in [0.2, 0.25) is 0 Å². The molecule has 3 unspecified atom stereocenters. The quantitative estimate of drug-likeness (QED) is 0.193. The molecule has 0 aliphatic carbocycles. The Bertz CT molecular complexity index is 975. The van der Waals surface area contributed by atoms with Gasteiger partial charge in [0.15, 0.2) is 0 Å². The lowest BCUT2D eigenvalue weighted by Gasteiger charge is -2.22. The van der Waals surface area contributed by atoms with E-state index in [1.165, 1.54) is 6.92 Å². The number of nitrogens with one attached hydrogen (secondary N) is 4. The van der Waals surface area contributed by atoms with Gasteiger partial charge >= 0.3 is 5.97 Å². The summed E-state index contributed by atoms with van der Waals surface area (Å²) in [6, 6.07) is 4.46. The summed E-state index contributed by atoms with van der Waals surface area (Å²) in [5.74, 6) is -2.90. The number of rotatable bonds is 13. The second kappa shape index (κ2) is 12.6. The molecule has 9 N–H and O–H groups in total. The third-order valence-electron chi connectivity index (χ3n) is 5.25. The van der Waals surface area contributed by atoms with Crippen LogP contribution in [0.25, 0.3) is 10.9 Å². The van der Waals surface area contributed by atoms with Crippen molar-refractivity contribution in [2.75, 3.05) is 13.1 Å². The smallest absolute Gasteiger partial charge is 0.326 e. The Labute approximate surface area is 191 Å². The minimum absolute atomic E-state index is 0.173. The predicted octanol–water partition coefficient (Wildman–Crippen LogP) is -0.643. The number of aliphatic carboxylic acids is 1. The fourth-order valence-electron chi connectivity index (χ4n) is 3.41. The van der Waals surface area contributed by atoms with Gasteiger partial charge in [0, 0.05) is 23.5 Å². The monoisotopic (exact) mass is 460 g/mol. The van der Waals surface area contributed by atoms with E-state index in [2.05, 4.69) is 20.9 Å². The molecule has 2 aromatic rings. The van der Waals surface area contributed by atoms with Crippen molar-refractivity contribution < 1.29 is 24.3 Å². The zero-order valence-electron chi connectivity index (χ0n) is 18.6. The third kappa shape index (κ3) is 7.58. The van der Waals surface area contributed by atoms with Crippen molar-refractivity contribution in [1.29, 1.82) is 0 Å². The summed E-state index contributed by atoms with van der Waals surface area (Å²) in [6.07, 6.45) is 3.35. The molecule has 0 spiro atoms. The number of hydrogen-bond acceptors (Lipinski definition) is 6. The molecule has 3 atom stereocenters. The Morgan fingerprint density at radius 1 is 1.00 bits per heavy atom. The Morgan fingerprint density at radius 3 is 2.39 bits per heavy atom. The summed E-state index contributed by atoms with van der Waals surface area (Å²) in [4.78, 5) is 51.9. The van der Waals surface area contributed by atoms with Crippen LogP contribution in [-0.2, 0) is 25.6 Å². The van der Waals surface area contributed by atoms with E-state index in [9.17, 15) is 24.3 Å². The Hall–Kier alpha value is -3.44. The summed E-state index contributed by atoms with van der Waals surface area (Å²) >= 11 is 0. The SMILES string of the molecule is CC(NC(=O)C(Cc1c[nH]c2ccccc12)NC(=O)CN)C(=O)NC(CCCCN)C(=O)O. The molecule has 11 heteroatoms. The third-order valence-corrected chi connectivity index (χ3v) is 5.25. The summed E-state index contributed by atoms with van der Waals surface area (Å²) in [5, 5.41) is 17.8. The zero-order valence-corrected chi connectivity index (χ0v) is 18.6. The van der Waals surface area contributed by atoms with Crippen molar-refractivity contribution in [2.24, 2.45) is 11.5 Å². The number of carbonyl (C=O) groups excluding carboxylic acids is 3. The largest absolute Gasteiger partial charge is 0.480 e. The molecular weight excluding hydrogens is 428 g/mol. The maximum Gasteiger partial charge on any atom is 0.326 e. The highest BCUT2D eigenvalue weighted by Crippen LogP contribution is 2.19.